The normalized spacial score (nSPS) is 37.1. The lowest BCUT2D eigenvalue weighted by Gasteiger charge is -2.26. The van der Waals surface area contributed by atoms with Crippen LogP contribution in [0, 0.1) is 0 Å². The second kappa shape index (κ2) is 2.95. The van der Waals surface area contributed by atoms with Gasteiger partial charge in [-0.2, -0.15) is 13.1 Å². The summed E-state index contributed by atoms with van der Waals surface area (Å²) < 4.78 is 29.1. The third kappa shape index (κ3) is 2.16. The van der Waals surface area contributed by atoms with E-state index in [0.29, 0.717) is 13.0 Å². The number of hydrogen-bond acceptors (Lipinski definition) is 3. The topological polar surface area (TPSA) is 81.4 Å². The van der Waals surface area contributed by atoms with Gasteiger partial charge in [0.15, 0.2) is 0 Å². The van der Waals surface area contributed by atoms with E-state index in [-0.39, 0.29) is 6.10 Å². The molecule has 0 aromatic rings. The molecule has 2 atom stereocenters. The molecule has 0 radical (unpaired) electrons. The van der Waals surface area contributed by atoms with E-state index in [0.717, 1.165) is 0 Å². The van der Waals surface area contributed by atoms with Crippen molar-refractivity contribution in [2.75, 3.05) is 6.61 Å². The van der Waals surface area contributed by atoms with Crippen LogP contribution in [0.25, 0.3) is 0 Å². The summed E-state index contributed by atoms with van der Waals surface area (Å²) in [4.78, 5) is 0. The lowest BCUT2D eigenvalue weighted by molar-refractivity contribution is 0.0957. The fourth-order valence-electron chi connectivity index (χ4n) is 1.29. The Labute approximate surface area is 72.5 Å². The predicted molar refractivity (Wildman–Crippen MR) is 44.7 cm³/mol. The Bertz CT molecular complexity index is 264. The highest BCUT2D eigenvalue weighted by Crippen LogP contribution is 2.25. The summed E-state index contributed by atoms with van der Waals surface area (Å²) in [5.74, 6) is 0. The third-order valence-corrected chi connectivity index (χ3v) is 3.01. The Morgan fingerprint density at radius 2 is 2.25 bits per heavy atom. The number of hydrogen-bond donors (Lipinski definition) is 2. The summed E-state index contributed by atoms with van der Waals surface area (Å²) in [5.41, 5.74) is -0.548. The largest absolute Gasteiger partial charge is 0.376 e. The van der Waals surface area contributed by atoms with Crippen LogP contribution >= 0.6 is 0 Å². The highest BCUT2D eigenvalue weighted by molar-refractivity contribution is 7.87. The molecule has 3 N–H and O–H groups in total. The molecule has 1 rings (SSSR count). The summed E-state index contributed by atoms with van der Waals surface area (Å²) in [5, 5.41) is 4.87. The Morgan fingerprint density at radius 3 is 2.58 bits per heavy atom. The van der Waals surface area contributed by atoms with Gasteiger partial charge in [0, 0.05) is 6.61 Å². The minimum absolute atomic E-state index is 0.129. The van der Waals surface area contributed by atoms with E-state index >= 15 is 0 Å². The van der Waals surface area contributed by atoms with Crippen molar-refractivity contribution in [3.63, 3.8) is 0 Å². The zero-order chi connectivity index (χ0) is 9.41. The highest BCUT2D eigenvalue weighted by atomic mass is 32.2. The quantitative estimate of drug-likeness (QED) is 0.612. The van der Waals surface area contributed by atoms with Gasteiger partial charge in [0.1, 0.15) is 0 Å². The maximum atomic E-state index is 10.7. The summed E-state index contributed by atoms with van der Waals surface area (Å²) in [6.45, 7) is 4.18. The average Bonchev–Trinajstić information content (AvgIpc) is 2.08. The summed E-state index contributed by atoms with van der Waals surface area (Å²) in [6.07, 6.45) is 0.528. The van der Waals surface area contributed by atoms with Crippen molar-refractivity contribution in [1.29, 1.82) is 0 Å². The molecule has 1 saturated heterocycles. The van der Waals surface area contributed by atoms with Crippen molar-refractivity contribution < 1.29 is 13.2 Å². The summed E-state index contributed by atoms with van der Waals surface area (Å²) >= 11 is 0. The molecular weight excluding hydrogens is 180 g/mol. The van der Waals surface area contributed by atoms with Crippen molar-refractivity contribution in [2.45, 2.75) is 31.9 Å². The first-order valence-electron chi connectivity index (χ1n) is 3.77. The third-order valence-electron chi connectivity index (χ3n) is 2.26. The predicted octanol–water partition coefficient (Wildman–Crippen LogP) is -0.653. The van der Waals surface area contributed by atoms with Crippen LogP contribution in [0.1, 0.15) is 20.3 Å². The monoisotopic (exact) mass is 194 g/mol. The number of rotatable bonds is 2. The van der Waals surface area contributed by atoms with Crippen LogP contribution in [0.5, 0.6) is 0 Å². The van der Waals surface area contributed by atoms with E-state index in [9.17, 15) is 8.42 Å². The van der Waals surface area contributed by atoms with Crippen LogP contribution in [-0.4, -0.2) is 26.7 Å². The molecule has 5 nitrogen and oxygen atoms in total. The lowest BCUT2D eigenvalue weighted by Crippen LogP contribution is -2.52. The van der Waals surface area contributed by atoms with Crippen LogP contribution in [-0.2, 0) is 14.9 Å². The van der Waals surface area contributed by atoms with Gasteiger partial charge in [-0.05, 0) is 20.3 Å². The van der Waals surface area contributed by atoms with Gasteiger partial charge in [0.2, 0.25) is 0 Å². The number of nitrogens with one attached hydrogen (secondary N) is 1. The standard InChI is InChI=1S/C6H14N2O3S/c1-5-6(2,3-4-11-5)8-12(7,9)10/h5,8H,3-4H2,1-2H3,(H2,7,9,10). The van der Waals surface area contributed by atoms with Crippen molar-refractivity contribution in [2.24, 2.45) is 5.14 Å². The van der Waals surface area contributed by atoms with Gasteiger partial charge in [-0.25, -0.2) is 5.14 Å². The van der Waals surface area contributed by atoms with Gasteiger partial charge in [0.25, 0.3) is 10.2 Å². The van der Waals surface area contributed by atoms with E-state index in [1.165, 1.54) is 0 Å². The Morgan fingerprint density at radius 1 is 1.67 bits per heavy atom. The zero-order valence-corrected chi connectivity index (χ0v) is 8.02. The molecule has 0 saturated carbocycles. The maximum Gasteiger partial charge on any atom is 0.274 e. The van der Waals surface area contributed by atoms with Gasteiger partial charge in [0.05, 0.1) is 11.6 Å². The average molecular weight is 194 g/mol. The second-order valence-corrected chi connectivity index (χ2v) is 4.62. The van der Waals surface area contributed by atoms with E-state index < -0.39 is 15.7 Å². The molecule has 12 heavy (non-hydrogen) atoms. The maximum absolute atomic E-state index is 10.7. The molecule has 0 bridgehead atoms. The van der Waals surface area contributed by atoms with Crippen LogP contribution in [0.2, 0.25) is 0 Å². The van der Waals surface area contributed by atoms with E-state index in [1.54, 1.807) is 6.92 Å². The highest BCUT2D eigenvalue weighted by Gasteiger charge is 2.39. The molecule has 0 aromatic carbocycles. The minimum Gasteiger partial charge on any atom is -0.376 e. The smallest absolute Gasteiger partial charge is 0.274 e. The molecule has 1 heterocycles. The van der Waals surface area contributed by atoms with E-state index in [1.807, 2.05) is 6.92 Å². The minimum atomic E-state index is -3.63. The molecule has 72 valence electrons. The van der Waals surface area contributed by atoms with Crippen LogP contribution in [0.4, 0.5) is 0 Å². The van der Waals surface area contributed by atoms with Crippen LogP contribution in [0.15, 0.2) is 0 Å². The Balaban J connectivity index is 2.73. The van der Waals surface area contributed by atoms with Crippen molar-refractivity contribution in [1.82, 2.24) is 4.72 Å². The van der Waals surface area contributed by atoms with E-state index in [4.69, 9.17) is 9.88 Å². The summed E-state index contributed by atoms with van der Waals surface area (Å²) in [7, 11) is -3.63. The molecule has 0 aliphatic carbocycles. The molecule has 2 unspecified atom stereocenters. The van der Waals surface area contributed by atoms with Crippen LogP contribution in [0.3, 0.4) is 0 Å². The van der Waals surface area contributed by atoms with Gasteiger partial charge >= 0.3 is 0 Å². The van der Waals surface area contributed by atoms with Crippen molar-refractivity contribution in [3.05, 3.63) is 0 Å². The number of ether oxygens (including phenoxy) is 1. The van der Waals surface area contributed by atoms with Crippen molar-refractivity contribution in [3.8, 4) is 0 Å². The zero-order valence-electron chi connectivity index (χ0n) is 7.20. The first kappa shape index (κ1) is 9.91. The molecule has 0 spiro atoms. The first-order chi connectivity index (χ1) is 5.33. The molecule has 0 amide bonds. The Hall–Kier alpha value is -0.170. The molecule has 1 aliphatic heterocycles. The fourth-order valence-corrected chi connectivity index (χ4v) is 2.21. The number of nitrogens with two attached hydrogens (primary N) is 1. The van der Waals surface area contributed by atoms with E-state index in [2.05, 4.69) is 4.72 Å². The Kier molecular flexibility index (Phi) is 2.44. The summed E-state index contributed by atoms with van der Waals surface area (Å²) in [6, 6.07) is 0. The van der Waals surface area contributed by atoms with Crippen LogP contribution < -0.4 is 9.86 Å². The fraction of sp³-hybridized carbons (Fsp3) is 1.00. The molecule has 0 aromatic heterocycles. The molecule has 1 fully saturated rings. The molecule has 1 aliphatic rings. The van der Waals surface area contributed by atoms with Gasteiger partial charge in [-0.1, -0.05) is 0 Å². The lowest BCUT2D eigenvalue weighted by atomic mass is 9.97. The van der Waals surface area contributed by atoms with Gasteiger partial charge in [-0.3, -0.25) is 0 Å². The van der Waals surface area contributed by atoms with Gasteiger partial charge in [-0.15, -0.1) is 0 Å². The second-order valence-electron chi connectivity index (χ2n) is 3.33. The molecule has 6 heteroatoms. The van der Waals surface area contributed by atoms with Crippen molar-refractivity contribution >= 4 is 10.2 Å². The SMILES string of the molecule is CC1OCCC1(C)NS(N)(=O)=O. The van der Waals surface area contributed by atoms with Gasteiger partial charge < -0.3 is 4.74 Å². The molecular formula is C6H14N2O3S. The first-order valence-corrected chi connectivity index (χ1v) is 5.31.